The molecule has 0 saturated carbocycles. The van der Waals surface area contributed by atoms with Crippen LogP contribution in [0.25, 0.3) is 5.69 Å². The molecule has 1 amide bonds. The molecule has 192 valence electrons. The molecule has 0 spiro atoms. The molecule has 1 fully saturated rings. The highest BCUT2D eigenvalue weighted by atomic mass is 35.5. The van der Waals surface area contributed by atoms with Gasteiger partial charge in [-0.1, -0.05) is 56.6 Å². The Kier molecular flexibility index (Phi) is 8.70. The molecular formula is C29H38ClN5O. The Balaban J connectivity index is 1.73. The van der Waals surface area contributed by atoms with E-state index in [1.54, 1.807) is 12.1 Å². The number of benzene rings is 2. The van der Waals surface area contributed by atoms with Crippen molar-refractivity contribution >= 4 is 23.3 Å². The highest BCUT2D eigenvalue weighted by Gasteiger charge is 2.28. The van der Waals surface area contributed by atoms with Crippen LogP contribution in [0.5, 0.6) is 0 Å². The summed E-state index contributed by atoms with van der Waals surface area (Å²) in [7, 11) is 0. The molecule has 0 aliphatic carbocycles. The summed E-state index contributed by atoms with van der Waals surface area (Å²) in [5.74, 6) is 1.60. The summed E-state index contributed by atoms with van der Waals surface area (Å²) in [6, 6.07) is 17.6. The van der Waals surface area contributed by atoms with E-state index in [1.807, 2.05) is 35.2 Å². The standard InChI is InChI=1S/C29H38ClN5O/c1-5-32-16-18-33(19-17-32)28-27(23(4)31-35(28)26-12-7-6-8-13-26)21-34(15-14-22(2)3)29(36)24-10-9-11-25(30)20-24/h6-13,20,22H,5,14-19,21H2,1-4H3. The van der Waals surface area contributed by atoms with Crippen LogP contribution >= 0.6 is 11.6 Å². The molecule has 0 bridgehead atoms. The molecule has 0 unspecified atom stereocenters. The third-order valence-corrected chi connectivity index (χ3v) is 7.20. The number of hydrogen-bond acceptors (Lipinski definition) is 4. The number of amides is 1. The summed E-state index contributed by atoms with van der Waals surface area (Å²) in [5.41, 5.74) is 3.73. The third kappa shape index (κ3) is 6.11. The van der Waals surface area contributed by atoms with E-state index in [0.717, 1.165) is 61.9 Å². The second kappa shape index (κ2) is 11.9. The number of aryl methyl sites for hydroxylation is 1. The number of anilines is 1. The zero-order valence-electron chi connectivity index (χ0n) is 22.0. The van der Waals surface area contributed by atoms with Gasteiger partial charge in [-0.25, -0.2) is 4.68 Å². The maximum absolute atomic E-state index is 13.7. The van der Waals surface area contributed by atoms with E-state index in [9.17, 15) is 4.79 Å². The fourth-order valence-electron chi connectivity index (χ4n) is 4.74. The van der Waals surface area contributed by atoms with E-state index in [4.69, 9.17) is 16.7 Å². The summed E-state index contributed by atoms with van der Waals surface area (Å²) in [4.78, 5) is 20.6. The smallest absolute Gasteiger partial charge is 0.254 e. The molecule has 36 heavy (non-hydrogen) atoms. The molecular weight excluding hydrogens is 470 g/mol. The molecule has 0 N–H and O–H groups in total. The SMILES string of the molecule is CCN1CCN(c2c(CN(CCC(C)C)C(=O)c3cccc(Cl)c3)c(C)nn2-c2ccccc2)CC1. The van der Waals surface area contributed by atoms with Gasteiger partial charge in [0.2, 0.25) is 0 Å². The van der Waals surface area contributed by atoms with Gasteiger partial charge in [-0.15, -0.1) is 0 Å². The largest absolute Gasteiger partial charge is 0.354 e. The Labute approximate surface area is 220 Å². The summed E-state index contributed by atoms with van der Waals surface area (Å²) in [5, 5.41) is 5.57. The lowest BCUT2D eigenvalue weighted by molar-refractivity contribution is 0.0735. The number of para-hydroxylation sites is 1. The number of aromatic nitrogens is 2. The zero-order valence-corrected chi connectivity index (χ0v) is 22.7. The van der Waals surface area contributed by atoms with E-state index in [-0.39, 0.29) is 5.91 Å². The average Bonchev–Trinajstić information content (AvgIpc) is 3.22. The number of likely N-dealkylation sites (N-methyl/N-ethyl adjacent to an activating group) is 1. The topological polar surface area (TPSA) is 44.6 Å². The Morgan fingerprint density at radius 3 is 2.42 bits per heavy atom. The first kappa shape index (κ1) is 26.2. The van der Waals surface area contributed by atoms with Crippen molar-refractivity contribution in [2.75, 3.05) is 44.2 Å². The van der Waals surface area contributed by atoms with Gasteiger partial charge in [0.15, 0.2) is 0 Å². The van der Waals surface area contributed by atoms with E-state index < -0.39 is 0 Å². The summed E-state index contributed by atoms with van der Waals surface area (Å²) < 4.78 is 2.07. The number of halogens is 1. The van der Waals surface area contributed by atoms with Gasteiger partial charge in [0.1, 0.15) is 5.82 Å². The highest BCUT2D eigenvalue weighted by Crippen LogP contribution is 2.30. The van der Waals surface area contributed by atoms with Gasteiger partial charge < -0.3 is 14.7 Å². The van der Waals surface area contributed by atoms with Crippen LogP contribution in [0.2, 0.25) is 5.02 Å². The fraction of sp³-hybridized carbons (Fsp3) is 0.448. The molecule has 2 aromatic carbocycles. The van der Waals surface area contributed by atoms with Crippen molar-refractivity contribution in [3.05, 3.63) is 76.4 Å². The van der Waals surface area contributed by atoms with Crippen LogP contribution in [-0.4, -0.2) is 64.8 Å². The van der Waals surface area contributed by atoms with Crippen molar-refractivity contribution in [2.45, 2.75) is 40.7 Å². The Morgan fingerprint density at radius 2 is 1.78 bits per heavy atom. The number of carbonyl (C=O) groups excluding carboxylic acids is 1. The molecule has 1 aliphatic heterocycles. The third-order valence-electron chi connectivity index (χ3n) is 6.96. The van der Waals surface area contributed by atoms with E-state index in [0.29, 0.717) is 29.6 Å². The number of piperazine rings is 1. The van der Waals surface area contributed by atoms with Crippen LogP contribution < -0.4 is 4.90 Å². The zero-order chi connectivity index (χ0) is 25.7. The predicted molar refractivity (Wildman–Crippen MR) is 148 cm³/mol. The lowest BCUT2D eigenvalue weighted by atomic mass is 10.1. The van der Waals surface area contributed by atoms with Crippen LogP contribution in [0.1, 0.15) is 48.8 Å². The minimum Gasteiger partial charge on any atom is -0.354 e. The van der Waals surface area contributed by atoms with E-state index in [1.165, 1.54) is 0 Å². The highest BCUT2D eigenvalue weighted by molar-refractivity contribution is 6.30. The van der Waals surface area contributed by atoms with Crippen LogP contribution in [0.4, 0.5) is 5.82 Å². The van der Waals surface area contributed by atoms with Gasteiger partial charge in [0.25, 0.3) is 5.91 Å². The van der Waals surface area contributed by atoms with E-state index >= 15 is 0 Å². The Morgan fingerprint density at radius 1 is 1.06 bits per heavy atom. The predicted octanol–water partition coefficient (Wildman–Crippen LogP) is 5.66. The van der Waals surface area contributed by atoms with Gasteiger partial charge in [-0.3, -0.25) is 4.79 Å². The number of carbonyl (C=O) groups is 1. The molecule has 7 heteroatoms. The molecule has 1 aliphatic rings. The summed E-state index contributed by atoms with van der Waals surface area (Å²) in [6.07, 6.45) is 0.933. The van der Waals surface area contributed by atoms with Gasteiger partial charge in [-0.05, 0) is 56.1 Å². The van der Waals surface area contributed by atoms with Gasteiger partial charge in [0.05, 0.1) is 17.9 Å². The Hall–Kier alpha value is -2.83. The minimum atomic E-state index is 0.00626. The molecule has 3 aromatic rings. The van der Waals surface area contributed by atoms with Crippen molar-refractivity contribution in [3.8, 4) is 5.69 Å². The molecule has 6 nitrogen and oxygen atoms in total. The molecule has 0 atom stereocenters. The van der Waals surface area contributed by atoms with Crippen molar-refractivity contribution in [3.63, 3.8) is 0 Å². The van der Waals surface area contributed by atoms with Crippen LogP contribution in [-0.2, 0) is 6.54 Å². The first-order chi connectivity index (χ1) is 17.4. The monoisotopic (exact) mass is 507 g/mol. The second-order valence-electron chi connectivity index (χ2n) is 9.98. The molecule has 0 radical (unpaired) electrons. The first-order valence-electron chi connectivity index (χ1n) is 13.0. The van der Waals surface area contributed by atoms with Gasteiger partial charge in [-0.2, -0.15) is 5.10 Å². The summed E-state index contributed by atoms with van der Waals surface area (Å²) >= 11 is 6.23. The lowest BCUT2D eigenvalue weighted by Crippen LogP contribution is -2.47. The molecule has 2 heterocycles. The van der Waals surface area contributed by atoms with E-state index in [2.05, 4.69) is 54.3 Å². The van der Waals surface area contributed by atoms with Crippen molar-refractivity contribution < 1.29 is 4.79 Å². The maximum atomic E-state index is 13.7. The lowest BCUT2D eigenvalue weighted by Gasteiger charge is -2.36. The first-order valence-corrected chi connectivity index (χ1v) is 13.4. The molecule has 1 saturated heterocycles. The normalized spacial score (nSPS) is 14.4. The summed E-state index contributed by atoms with van der Waals surface area (Å²) in [6.45, 7) is 14.8. The number of hydrogen-bond donors (Lipinski definition) is 0. The Bertz CT molecular complexity index is 1150. The maximum Gasteiger partial charge on any atom is 0.254 e. The van der Waals surface area contributed by atoms with Crippen LogP contribution in [0.3, 0.4) is 0 Å². The molecule has 1 aromatic heterocycles. The van der Waals surface area contributed by atoms with Crippen molar-refractivity contribution in [1.82, 2.24) is 19.6 Å². The molecule has 4 rings (SSSR count). The number of rotatable bonds is 9. The van der Waals surface area contributed by atoms with Crippen LogP contribution in [0, 0.1) is 12.8 Å². The quantitative estimate of drug-likeness (QED) is 0.374. The van der Waals surface area contributed by atoms with Crippen molar-refractivity contribution in [2.24, 2.45) is 5.92 Å². The van der Waals surface area contributed by atoms with Gasteiger partial charge in [0, 0.05) is 48.9 Å². The average molecular weight is 508 g/mol. The van der Waals surface area contributed by atoms with Gasteiger partial charge >= 0.3 is 0 Å². The number of nitrogens with zero attached hydrogens (tertiary/aromatic N) is 5. The van der Waals surface area contributed by atoms with Crippen LogP contribution in [0.15, 0.2) is 54.6 Å². The second-order valence-corrected chi connectivity index (χ2v) is 10.4. The minimum absolute atomic E-state index is 0.00626. The fourth-order valence-corrected chi connectivity index (χ4v) is 4.93. The van der Waals surface area contributed by atoms with Crippen molar-refractivity contribution in [1.29, 1.82) is 0 Å².